The summed E-state index contributed by atoms with van der Waals surface area (Å²) in [5.41, 5.74) is 3.22. The van der Waals surface area contributed by atoms with Crippen molar-refractivity contribution in [2.24, 2.45) is 0 Å². The minimum Gasteiger partial charge on any atom is -0.342 e. The first-order chi connectivity index (χ1) is 12.3. The van der Waals surface area contributed by atoms with E-state index in [-0.39, 0.29) is 5.91 Å². The maximum atomic E-state index is 13.1. The molecule has 0 unspecified atom stereocenters. The van der Waals surface area contributed by atoms with Gasteiger partial charge < -0.3 is 9.47 Å². The Balaban J connectivity index is 1.70. The van der Waals surface area contributed by atoms with Crippen molar-refractivity contribution in [2.45, 2.75) is 32.2 Å². The summed E-state index contributed by atoms with van der Waals surface area (Å²) in [7, 11) is 0. The van der Waals surface area contributed by atoms with Crippen molar-refractivity contribution in [1.82, 2.24) is 9.47 Å². The Labute approximate surface area is 148 Å². The normalized spacial score (nSPS) is 15.3. The molecule has 1 aromatic heterocycles. The summed E-state index contributed by atoms with van der Waals surface area (Å²) in [6.07, 6.45) is 6.76. The lowest BCUT2D eigenvalue weighted by atomic mass is 10.1. The third kappa shape index (κ3) is 3.32. The third-order valence-electron chi connectivity index (χ3n) is 5.11. The summed E-state index contributed by atoms with van der Waals surface area (Å²) in [4.78, 5) is 15.2. The van der Waals surface area contributed by atoms with Gasteiger partial charge in [-0.25, -0.2) is 0 Å². The molecule has 3 heteroatoms. The summed E-state index contributed by atoms with van der Waals surface area (Å²) in [5.74, 6) is 0.185. The van der Waals surface area contributed by atoms with Gasteiger partial charge in [0, 0.05) is 36.7 Å². The fraction of sp³-hybridized carbons (Fsp3) is 0.318. The Morgan fingerprint density at radius 3 is 2.28 bits per heavy atom. The van der Waals surface area contributed by atoms with Crippen molar-refractivity contribution in [1.29, 1.82) is 0 Å². The SMILES string of the molecule is O=C(c1cn(Cc2ccccc2)c2ccccc12)N1CCCCCC1. The molecule has 0 saturated carbocycles. The molecule has 3 nitrogen and oxygen atoms in total. The molecule has 25 heavy (non-hydrogen) atoms. The Morgan fingerprint density at radius 2 is 1.52 bits per heavy atom. The van der Waals surface area contributed by atoms with Gasteiger partial charge in [-0.1, -0.05) is 61.4 Å². The van der Waals surface area contributed by atoms with Gasteiger partial charge in [0.1, 0.15) is 0 Å². The third-order valence-corrected chi connectivity index (χ3v) is 5.11. The van der Waals surface area contributed by atoms with Crippen molar-refractivity contribution < 1.29 is 4.79 Å². The molecule has 1 aliphatic rings. The number of hydrogen-bond acceptors (Lipinski definition) is 1. The van der Waals surface area contributed by atoms with Crippen LogP contribution in [0, 0.1) is 0 Å². The summed E-state index contributed by atoms with van der Waals surface area (Å²) in [6.45, 7) is 2.56. The van der Waals surface area contributed by atoms with Gasteiger partial charge in [0.15, 0.2) is 0 Å². The van der Waals surface area contributed by atoms with E-state index in [1.807, 2.05) is 29.3 Å². The molecule has 2 aromatic carbocycles. The van der Waals surface area contributed by atoms with Crippen molar-refractivity contribution in [3.63, 3.8) is 0 Å². The minimum absolute atomic E-state index is 0.185. The van der Waals surface area contributed by atoms with Gasteiger partial charge in [-0.3, -0.25) is 4.79 Å². The van der Waals surface area contributed by atoms with Crippen molar-refractivity contribution in [3.05, 3.63) is 71.9 Å². The Morgan fingerprint density at radius 1 is 0.840 bits per heavy atom. The first-order valence-electron chi connectivity index (χ1n) is 9.24. The zero-order chi connectivity index (χ0) is 17.1. The number of benzene rings is 2. The van der Waals surface area contributed by atoms with Crippen LogP contribution >= 0.6 is 0 Å². The van der Waals surface area contributed by atoms with E-state index >= 15 is 0 Å². The highest BCUT2D eigenvalue weighted by atomic mass is 16.2. The molecule has 3 aromatic rings. The first kappa shape index (κ1) is 15.9. The lowest BCUT2D eigenvalue weighted by Crippen LogP contribution is -2.31. The van der Waals surface area contributed by atoms with Crippen LogP contribution in [0.4, 0.5) is 0 Å². The van der Waals surface area contributed by atoms with E-state index in [4.69, 9.17) is 0 Å². The number of carbonyl (C=O) groups excluding carboxylic acids is 1. The maximum absolute atomic E-state index is 13.1. The fourth-order valence-corrected chi connectivity index (χ4v) is 3.77. The molecule has 1 amide bonds. The Bertz CT molecular complexity index is 858. The standard InChI is InChI=1S/C22H24N2O/c25-22(23-14-8-1-2-9-15-23)20-17-24(16-18-10-4-3-5-11-18)21-13-7-6-12-19(20)21/h3-7,10-13,17H,1-2,8-9,14-16H2. The number of hydrogen-bond donors (Lipinski definition) is 0. The highest BCUT2D eigenvalue weighted by Crippen LogP contribution is 2.25. The number of para-hydroxylation sites is 1. The largest absolute Gasteiger partial charge is 0.342 e. The van der Waals surface area contributed by atoms with Crippen molar-refractivity contribution >= 4 is 16.8 Å². The number of likely N-dealkylation sites (tertiary alicyclic amines) is 1. The van der Waals surface area contributed by atoms with E-state index in [0.29, 0.717) is 0 Å². The summed E-state index contributed by atoms with van der Waals surface area (Å²) in [6, 6.07) is 18.7. The quantitative estimate of drug-likeness (QED) is 0.682. The number of fused-ring (bicyclic) bond motifs is 1. The van der Waals surface area contributed by atoms with Crippen LogP contribution in [-0.2, 0) is 6.54 Å². The van der Waals surface area contributed by atoms with E-state index in [1.165, 1.54) is 18.4 Å². The van der Waals surface area contributed by atoms with Crippen LogP contribution in [0.5, 0.6) is 0 Å². The second-order valence-corrected chi connectivity index (χ2v) is 6.88. The van der Waals surface area contributed by atoms with E-state index in [2.05, 4.69) is 41.0 Å². The number of nitrogens with zero attached hydrogens (tertiary/aromatic N) is 2. The highest BCUT2D eigenvalue weighted by molar-refractivity contribution is 6.07. The monoisotopic (exact) mass is 332 g/mol. The first-order valence-corrected chi connectivity index (χ1v) is 9.24. The summed E-state index contributed by atoms with van der Waals surface area (Å²) < 4.78 is 2.20. The zero-order valence-electron chi connectivity index (χ0n) is 14.5. The second-order valence-electron chi connectivity index (χ2n) is 6.88. The average molecular weight is 332 g/mol. The van der Waals surface area contributed by atoms with Crippen LogP contribution in [0.1, 0.15) is 41.6 Å². The maximum Gasteiger partial charge on any atom is 0.256 e. The number of amides is 1. The molecule has 1 aliphatic heterocycles. The van der Waals surface area contributed by atoms with Gasteiger partial charge in [0.05, 0.1) is 5.56 Å². The predicted octanol–water partition coefficient (Wildman–Crippen LogP) is 4.71. The van der Waals surface area contributed by atoms with Gasteiger partial charge in [0.25, 0.3) is 5.91 Å². The number of aromatic nitrogens is 1. The molecule has 0 N–H and O–H groups in total. The molecule has 0 aliphatic carbocycles. The molecule has 1 fully saturated rings. The summed E-state index contributed by atoms with van der Waals surface area (Å²) >= 11 is 0. The lowest BCUT2D eigenvalue weighted by Gasteiger charge is -2.19. The molecule has 4 rings (SSSR count). The topological polar surface area (TPSA) is 25.2 Å². The van der Waals surface area contributed by atoms with E-state index in [0.717, 1.165) is 48.9 Å². The Hall–Kier alpha value is -2.55. The Kier molecular flexibility index (Phi) is 4.55. The molecule has 0 bridgehead atoms. The van der Waals surface area contributed by atoms with Gasteiger partial charge in [-0.2, -0.15) is 0 Å². The van der Waals surface area contributed by atoms with Crippen LogP contribution in [0.3, 0.4) is 0 Å². The fourth-order valence-electron chi connectivity index (χ4n) is 3.77. The van der Waals surface area contributed by atoms with Crippen molar-refractivity contribution in [3.8, 4) is 0 Å². The minimum atomic E-state index is 0.185. The van der Waals surface area contributed by atoms with Crippen LogP contribution in [0.15, 0.2) is 60.8 Å². The average Bonchev–Trinajstić information content (AvgIpc) is 2.84. The number of rotatable bonds is 3. The van der Waals surface area contributed by atoms with Crippen LogP contribution in [0.2, 0.25) is 0 Å². The van der Waals surface area contributed by atoms with Crippen LogP contribution < -0.4 is 0 Å². The predicted molar refractivity (Wildman–Crippen MR) is 102 cm³/mol. The van der Waals surface area contributed by atoms with E-state index in [1.54, 1.807) is 0 Å². The summed E-state index contributed by atoms with van der Waals surface area (Å²) in [5, 5.41) is 1.06. The van der Waals surface area contributed by atoms with Crippen LogP contribution in [0.25, 0.3) is 10.9 Å². The van der Waals surface area contributed by atoms with Gasteiger partial charge >= 0.3 is 0 Å². The molecular formula is C22H24N2O. The molecular weight excluding hydrogens is 308 g/mol. The molecule has 0 radical (unpaired) electrons. The lowest BCUT2D eigenvalue weighted by molar-refractivity contribution is 0.0763. The van der Waals surface area contributed by atoms with Gasteiger partial charge in [-0.15, -0.1) is 0 Å². The van der Waals surface area contributed by atoms with E-state index in [9.17, 15) is 4.79 Å². The molecule has 2 heterocycles. The highest BCUT2D eigenvalue weighted by Gasteiger charge is 2.21. The van der Waals surface area contributed by atoms with Crippen LogP contribution in [-0.4, -0.2) is 28.5 Å². The molecule has 0 atom stereocenters. The molecule has 0 spiro atoms. The molecule has 128 valence electrons. The van der Waals surface area contributed by atoms with Gasteiger partial charge in [0.2, 0.25) is 0 Å². The van der Waals surface area contributed by atoms with Gasteiger partial charge in [-0.05, 0) is 24.5 Å². The second kappa shape index (κ2) is 7.14. The molecule has 1 saturated heterocycles. The van der Waals surface area contributed by atoms with Crippen molar-refractivity contribution in [2.75, 3.05) is 13.1 Å². The number of carbonyl (C=O) groups is 1. The zero-order valence-corrected chi connectivity index (χ0v) is 14.5. The van der Waals surface area contributed by atoms with E-state index < -0.39 is 0 Å². The smallest absolute Gasteiger partial charge is 0.256 e.